The molecule has 2 amide bonds. The minimum atomic E-state index is -3.51. The highest BCUT2D eigenvalue weighted by Crippen LogP contribution is 2.19. The van der Waals surface area contributed by atoms with E-state index in [0.717, 1.165) is 11.8 Å². The van der Waals surface area contributed by atoms with Crippen LogP contribution in [-0.2, 0) is 26.2 Å². The average molecular weight is 504 g/mol. The molecule has 1 N–H and O–H groups in total. The van der Waals surface area contributed by atoms with Crippen molar-refractivity contribution in [2.45, 2.75) is 58.7 Å². The number of carbonyl (C=O) groups is 2. The maximum atomic E-state index is 13.3. The fraction of sp³-hybridized carbons (Fsp3) is 0.462. The molecule has 0 heterocycles. The molecule has 0 radical (unpaired) electrons. The molecule has 9 heteroatoms. The Hall–Kier alpha value is -3.07. The summed E-state index contributed by atoms with van der Waals surface area (Å²) in [7, 11) is -1.93. The molecule has 2 rings (SSSR count). The van der Waals surface area contributed by atoms with Crippen molar-refractivity contribution >= 4 is 27.5 Å². The Balaban J connectivity index is 2.17. The van der Waals surface area contributed by atoms with Gasteiger partial charge >= 0.3 is 0 Å². The Morgan fingerprint density at radius 1 is 1.03 bits per heavy atom. The topological polar surface area (TPSA) is 96.0 Å². The number of methoxy groups -OCH3 is 1. The first kappa shape index (κ1) is 28.2. The SMILES string of the molecule is COc1ccc(CN(C(=O)CCCN(c2ccccc2)S(C)(=O)=O)C(C)C(=O)NC(C)(C)C)cc1. The van der Waals surface area contributed by atoms with E-state index in [9.17, 15) is 18.0 Å². The number of hydrogen-bond donors (Lipinski definition) is 1. The number of para-hydroxylation sites is 1. The third kappa shape index (κ3) is 8.90. The minimum Gasteiger partial charge on any atom is -0.497 e. The van der Waals surface area contributed by atoms with Crippen LogP contribution in [0.4, 0.5) is 5.69 Å². The van der Waals surface area contributed by atoms with Gasteiger partial charge in [-0.15, -0.1) is 0 Å². The molecule has 1 atom stereocenters. The van der Waals surface area contributed by atoms with Crippen molar-refractivity contribution in [3.8, 4) is 5.75 Å². The van der Waals surface area contributed by atoms with E-state index >= 15 is 0 Å². The van der Waals surface area contributed by atoms with Gasteiger partial charge in [0.15, 0.2) is 0 Å². The maximum Gasteiger partial charge on any atom is 0.242 e. The summed E-state index contributed by atoms with van der Waals surface area (Å²) in [6.07, 6.45) is 1.56. The van der Waals surface area contributed by atoms with E-state index in [1.807, 2.05) is 51.1 Å². The van der Waals surface area contributed by atoms with Crippen molar-refractivity contribution in [1.29, 1.82) is 0 Å². The van der Waals surface area contributed by atoms with Crippen LogP contribution in [0, 0.1) is 0 Å². The number of ether oxygens (including phenoxy) is 1. The molecular weight excluding hydrogens is 466 g/mol. The van der Waals surface area contributed by atoms with Crippen LogP contribution < -0.4 is 14.4 Å². The van der Waals surface area contributed by atoms with Crippen molar-refractivity contribution in [3.63, 3.8) is 0 Å². The van der Waals surface area contributed by atoms with Gasteiger partial charge in [-0.3, -0.25) is 13.9 Å². The molecule has 0 bridgehead atoms. The molecule has 1 unspecified atom stereocenters. The average Bonchev–Trinajstić information content (AvgIpc) is 2.78. The van der Waals surface area contributed by atoms with E-state index in [-0.39, 0.29) is 31.3 Å². The normalized spacial score (nSPS) is 12.5. The number of nitrogens with zero attached hydrogens (tertiary/aromatic N) is 2. The number of anilines is 1. The Labute approximate surface area is 209 Å². The van der Waals surface area contributed by atoms with Gasteiger partial charge in [-0.2, -0.15) is 0 Å². The minimum absolute atomic E-state index is 0.0994. The lowest BCUT2D eigenvalue weighted by Gasteiger charge is -2.32. The standard InChI is InChI=1S/C26H37N3O5S/c1-20(25(31)27-26(2,3)4)28(19-21-14-16-23(34-5)17-15-21)24(30)13-10-18-29(35(6,32)33)22-11-8-7-9-12-22/h7-9,11-12,14-17,20H,10,13,18-19H2,1-6H3,(H,27,31). The number of nitrogens with one attached hydrogen (secondary N) is 1. The molecule has 35 heavy (non-hydrogen) atoms. The predicted octanol–water partition coefficient (Wildman–Crippen LogP) is 3.57. The second kappa shape index (κ2) is 12.1. The largest absolute Gasteiger partial charge is 0.497 e. The molecule has 0 fully saturated rings. The van der Waals surface area contributed by atoms with E-state index in [1.165, 1.54) is 9.21 Å². The summed E-state index contributed by atoms with van der Waals surface area (Å²) in [6.45, 7) is 7.77. The molecule has 2 aromatic rings. The Kier molecular flexibility index (Phi) is 9.71. The summed E-state index contributed by atoms with van der Waals surface area (Å²) in [4.78, 5) is 27.7. The number of carbonyl (C=O) groups excluding carboxylic acids is 2. The van der Waals surface area contributed by atoms with Gasteiger partial charge < -0.3 is 15.0 Å². The zero-order valence-electron chi connectivity index (χ0n) is 21.4. The van der Waals surface area contributed by atoms with Gasteiger partial charge in [-0.05, 0) is 63.9 Å². The van der Waals surface area contributed by atoms with Crippen molar-refractivity contribution in [3.05, 3.63) is 60.2 Å². The van der Waals surface area contributed by atoms with Gasteiger partial charge in [0.05, 0.1) is 19.1 Å². The van der Waals surface area contributed by atoms with Crippen LogP contribution in [-0.4, -0.2) is 56.6 Å². The molecule has 2 aromatic carbocycles. The summed E-state index contributed by atoms with van der Waals surface area (Å²) in [5.74, 6) is 0.229. The summed E-state index contributed by atoms with van der Waals surface area (Å²) >= 11 is 0. The van der Waals surface area contributed by atoms with Gasteiger partial charge in [0.2, 0.25) is 21.8 Å². The van der Waals surface area contributed by atoms with Gasteiger partial charge in [0.25, 0.3) is 0 Å². The van der Waals surface area contributed by atoms with E-state index in [2.05, 4.69) is 5.32 Å². The number of rotatable bonds is 11. The summed E-state index contributed by atoms with van der Waals surface area (Å²) in [5.41, 5.74) is 0.971. The number of hydrogen-bond acceptors (Lipinski definition) is 5. The monoisotopic (exact) mass is 503 g/mol. The lowest BCUT2D eigenvalue weighted by Crippen LogP contribution is -2.52. The second-order valence-electron chi connectivity index (χ2n) is 9.56. The Morgan fingerprint density at radius 2 is 1.63 bits per heavy atom. The van der Waals surface area contributed by atoms with Crippen LogP contribution >= 0.6 is 0 Å². The third-order valence-electron chi connectivity index (χ3n) is 5.37. The summed E-state index contributed by atoms with van der Waals surface area (Å²) in [6, 6.07) is 15.4. The second-order valence-corrected chi connectivity index (χ2v) is 11.5. The van der Waals surface area contributed by atoms with Crippen molar-refractivity contribution in [2.75, 3.05) is 24.2 Å². The highest BCUT2D eigenvalue weighted by molar-refractivity contribution is 7.92. The van der Waals surface area contributed by atoms with Gasteiger partial charge in [0, 0.05) is 25.0 Å². The molecule has 0 saturated heterocycles. The molecule has 8 nitrogen and oxygen atoms in total. The van der Waals surface area contributed by atoms with Crippen molar-refractivity contribution in [2.24, 2.45) is 0 Å². The molecule has 0 saturated carbocycles. The maximum absolute atomic E-state index is 13.3. The quantitative estimate of drug-likeness (QED) is 0.506. The highest BCUT2D eigenvalue weighted by Gasteiger charge is 2.28. The van der Waals surface area contributed by atoms with E-state index in [0.29, 0.717) is 17.9 Å². The van der Waals surface area contributed by atoms with Crippen LogP contribution in [0.5, 0.6) is 5.75 Å². The van der Waals surface area contributed by atoms with Crippen LogP contribution in [0.15, 0.2) is 54.6 Å². The lowest BCUT2D eigenvalue weighted by atomic mass is 10.1. The molecule has 0 spiro atoms. The first-order valence-corrected chi connectivity index (χ1v) is 13.4. The summed E-state index contributed by atoms with van der Waals surface area (Å²) < 4.78 is 31.2. The van der Waals surface area contributed by atoms with E-state index in [1.54, 1.807) is 38.3 Å². The van der Waals surface area contributed by atoms with Gasteiger partial charge in [-0.1, -0.05) is 30.3 Å². The molecule has 0 aliphatic heterocycles. The predicted molar refractivity (Wildman–Crippen MR) is 139 cm³/mol. The highest BCUT2D eigenvalue weighted by atomic mass is 32.2. The van der Waals surface area contributed by atoms with Gasteiger partial charge in [-0.25, -0.2) is 8.42 Å². The Bertz CT molecular complexity index is 1080. The van der Waals surface area contributed by atoms with Crippen LogP contribution in [0.1, 0.15) is 46.1 Å². The van der Waals surface area contributed by atoms with Crippen molar-refractivity contribution < 1.29 is 22.7 Å². The smallest absolute Gasteiger partial charge is 0.242 e. The van der Waals surface area contributed by atoms with Gasteiger partial charge in [0.1, 0.15) is 11.8 Å². The molecule has 192 valence electrons. The molecule has 0 aromatic heterocycles. The number of amides is 2. The van der Waals surface area contributed by atoms with E-state index in [4.69, 9.17) is 4.74 Å². The molecule has 0 aliphatic carbocycles. The zero-order valence-corrected chi connectivity index (χ0v) is 22.3. The van der Waals surface area contributed by atoms with Crippen LogP contribution in [0.25, 0.3) is 0 Å². The van der Waals surface area contributed by atoms with Crippen LogP contribution in [0.2, 0.25) is 0 Å². The fourth-order valence-electron chi connectivity index (χ4n) is 3.58. The van der Waals surface area contributed by atoms with Crippen LogP contribution in [0.3, 0.4) is 0 Å². The fourth-order valence-corrected chi connectivity index (χ4v) is 4.55. The number of benzene rings is 2. The first-order valence-electron chi connectivity index (χ1n) is 11.6. The number of sulfonamides is 1. The molecular formula is C26H37N3O5S. The van der Waals surface area contributed by atoms with Crippen molar-refractivity contribution in [1.82, 2.24) is 10.2 Å². The lowest BCUT2D eigenvalue weighted by molar-refractivity contribution is -0.141. The summed E-state index contributed by atoms with van der Waals surface area (Å²) in [5, 5.41) is 2.93. The Morgan fingerprint density at radius 3 is 2.14 bits per heavy atom. The zero-order chi connectivity index (χ0) is 26.2. The molecule has 0 aliphatic rings. The van der Waals surface area contributed by atoms with E-state index < -0.39 is 21.6 Å². The third-order valence-corrected chi connectivity index (χ3v) is 6.57. The first-order chi connectivity index (χ1) is 16.3.